The number of hydrogen-bond donors (Lipinski definition) is 2. The summed E-state index contributed by atoms with van der Waals surface area (Å²) in [5.41, 5.74) is 4.68. The molecule has 1 fully saturated rings. The molecule has 4 atom stereocenters. The van der Waals surface area contributed by atoms with Gasteiger partial charge in [0.25, 0.3) is 0 Å². The first-order valence-electron chi connectivity index (χ1n) is 5.93. The minimum atomic E-state index is -0.972. The van der Waals surface area contributed by atoms with Gasteiger partial charge in [0.15, 0.2) is 7.85 Å². The zero-order chi connectivity index (χ0) is 10.8. The lowest BCUT2D eigenvalue weighted by Gasteiger charge is -2.24. The summed E-state index contributed by atoms with van der Waals surface area (Å²) < 4.78 is 0. The normalized spacial score (nSPS) is 37.0. The van der Waals surface area contributed by atoms with Crippen LogP contribution in [0.1, 0.15) is 46.0 Å². The fourth-order valence-corrected chi connectivity index (χ4v) is 2.93. The highest BCUT2D eigenvalue weighted by atomic mass is 16.3. The van der Waals surface area contributed by atoms with Gasteiger partial charge in [0.05, 0.1) is 5.62 Å². The summed E-state index contributed by atoms with van der Waals surface area (Å²) >= 11 is 0. The van der Waals surface area contributed by atoms with E-state index in [-0.39, 0.29) is 0 Å². The monoisotopic (exact) mass is 197 g/mol. The molecule has 0 radical (unpaired) electrons. The number of nitrogens with two attached hydrogens (primary N) is 1. The Hall–Kier alpha value is -0.0151. The van der Waals surface area contributed by atoms with E-state index in [4.69, 9.17) is 5.73 Å². The molecule has 0 aromatic heterocycles. The Morgan fingerprint density at radius 3 is 2.64 bits per heavy atom. The summed E-state index contributed by atoms with van der Waals surface area (Å²) in [6, 6.07) is 0. The smallest absolute Gasteiger partial charge is 0.161 e. The maximum atomic E-state index is 9.59. The molecule has 0 amide bonds. The summed E-state index contributed by atoms with van der Waals surface area (Å²) in [5, 5.41) is 9.59. The van der Waals surface area contributed by atoms with E-state index in [9.17, 15) is 5.11 Å². The van der Waals surface area contributed by atoms with Crippen LogP contribution in [0.2, 0.25) is 0 Å². The Morgan fingerprint density at radius 1 is 1.50 bits per heavy atom. The van der Waals surface area contributed by atoms with Crippen LogP contribution in [0.25, 0.3) is 0 Å². The lowest BCUT2D eigenvalue weighted by atomic mass is 9.80. The Bertz CT molecular complexity index is 179. The molecular weight excluding hydrogens is 173 g/mol. The average Bonchev–Trinajstić information content (AvgIpc) is 2.29. The first kappa shape index (κ1) is 12.1. The van der Waals surface area contributed by atoms with Crippen molar-refractivity contribution in [2.24, 2.45) is 23.5 Å². The summed E-state index contributed by atoms with van der Waals surface area (Å²) in [4.78, 5) is 0. The molecule has 82 valence electrons. The van der Waals surface area contributed by atoms with Crippen LogP contribution in [0.4, 0.5) is 0 Å². The zero-order valence-corrected chi connectivity index (χ0v) is 9.79. The SMILES string of the molecule is BC(N)(O)CC1CC(CCC)CC1C. The molecule has 3 N–H and O–H groups in total. The van der Waals surface area contributed by atoms with Gasteiger partial charge < -0.3 is 10.8 Å². The average molecular weight is 197 g/mol. The van der Waals surface area contributed by atoms with Crippen molar-refractivity contribution in [2.45, 2.75) is 51.6 Å². The topological polar surface area (TPSA) is 46.2 Å². The standard InChI is InChI=1S/C11H24BNO/c1-3-4-9-5-8(2)10(6-9)7-11(12,13)14/h8-10,14H,3-7,12-13H2,1-2H3. The van der Waals surface area contributed by atoms with Gasteiger partial charge in [0.2, 0.25) is 0 Å². The summed E-state index contributed by atoms with van der Waals surface area (Å²) in [5.74, 6) is 2.25. The third-order valence-electron chi connectivity index (χ3n) is 3.52. The van der Waals surface area contributed by atoms with E-state index >= 15 is 0 Å². The highest BCUT2D eigenvalue weighted by Gasteiger charge is 2.33. The van der Waals surface area contributed by atoms with Crippen LogP contribution in [-0.2, 0) is 0 Å². The second-order valence-electron chi connectivity index (χ2n) is 5.42. The van der Waals surface area contributed by atoms with Gasteiger partial charge in [-0.05, 0) is 37.0 Å². The van der Waals surface area contributed by atoms with Crippen LogP contribution in [-0.4, -0.2) is 18.6 Å². The third-order valence-corrected chi connectivity index (χ3v) is 3.52. The van der Waals surface area contributed by atoms with E-state index in [1.165, 1.54) is 25.7 Å². The largest absolute Gasteiger partial charge is 0.385 e. The second kappa shape index (κ2) is 4.67. The molecule has 0 aliphatic heterocycles. The van der Waals surface area contributed by atoms with Crippen LogP contribution < -0.4 is 5.73 Å². The molecule has 1 aliphatic rings. The summed E-state index contributed by atoms with van der Waals surface area (Å²) in [6.07, 6.45) is 5.97. The predicted molar refractivity (Wildman–Crippen MR) is 62.6 cm³/mol. The van der Waals surface area contributed by atoms with Gasteiger partial charge in [-0.3, -0.25) is 0 Å². The summed E-state index contributed by atoms with van der Waals surface area (Å²) in [7, 11) is 1.72. The van der Waals surface area contributed by atoms with E-state index < -0.39 is 5.62 Å². The first-order chi connectivity index (χ1) is 6.42. The minimum Gasteiger partial charge on any atom is -0.385 e. The van der Waals surface area contributed by atoms with Crippen molar-refractivity contribution in [3.05, 3.63) is 0 Å². The van der Waals surface area contributed by atoms with Crippen molar-refractivity contribution >= 4 is 7.85 Å². The van der Waals surface area contributed by atoms with Gasteiger partial charge in [-0.2, -0.15) is 0 Å². The molecule has 1 rings (SSSR count). The van der Waals surface area contributed by atoms with Gasteiger partial charge in [0.1, 0.15) is 0 Å². The lowest BCUT2D eigenvalue weighted by Crippen LogP contribution is -2.42. The molecule has 3 heteroatoms. The van der Waals surface area contributed by atoms with Crippen molar-refractivity contribution in [1.82, 2.24) is 0 Å². The molecule has 14 heavy (non-hydrogen) atoms. The molecule has 0 aromatic rings. The van der Waals surface area contributed by atoms with Crippen LogP contribution in [0.3, 0.4) is 0 Å². The van der Waals surface area contributed by atoms with Crippen molar-refractivity contribution < 1.29 is 5.11 Å². The van der Waals surface area contributed by atoms with Crippen LogP contribution >= 0.6 is 0 Å². The molecule has 4 unspecified atom stereocenters. The van der Waals surface area contributed by atoms with Crippen molar-refractivity contribution in [2.75, 3.05) is 0 Å². The number of aliphatic hydroxyl groups is 1. The highest BCUT2D eigenvalue weighted by Crippen LogP contribution is 2.41. The van der Waals surface area contributed by atoms with E-state index in [0.717, 1.165) is 18.3 Å². The molecular formula is C11H24BNO. The zero-order valence-electron chi connectivity index (χ0n) is 9.79. The fraction of sp³-hybridized carbons (Fsp3) is 1.00. The lowest BCUT2D eigenvalue weighted by molar-refractivity contribution is 0.0963. The molecule has 0 spiro atoms. The molecule has 1 saturated carbocycles. The molecule has 1 aliphatic carbocycles. The second-order valence-corrected chi connectivity index (χ2v) is 5.42. The van der Waals surface area contributed by atoms with Crippen LogP contribution in [0.5, 0.6) is 0 Å². The quantitative estimate of drug-likeness (QED) is 0.523. The Balaban J connectivity index is 2.40. The molecule has 0 heterocycles. The van der Waals surface area contributed by atoms with Gasteiger partial charge in [-0.25, -0.2) is 0 Å². The van der Waals surface area contributed by atoms with Crippen molar-refractivity contribution in [3.8, 4) is 0 Å². The Labute approximate surface area is 88.7 Å². The number of rotatable bonds is 4. The maximum absolute atomic E-state index is 9.59. The van der Waals surface area contributed by atoms with Gasteiger partial charge >= 0.3 is 0 Å². The van der Waals surface area contributed by atoms with E-state index in [1.807, 2.05) is 0 Å². The number of hydrogen-bond acceptors (Lipinski definition) is 2. The maximum Gasteiger partial charge on any atom is 0.161 e. The predicted octanol–water partition coefficient (Wildman–Crippen LogP) is 1.08. The highest BCUT2D eigenvalue weighted by molar-refractivity contribution is 6.13. The van der Waals surface area contributed by atoms with Gasteiger partial charge in [-0.15, -0.1) is 0 Å². The minimum absolute atomic E-state index is 0.631. The van der Waals surface area contributed by atoms with E-state index in [0.29, 0.717) is 5.92 Å². The van der Waals surface area contributed by atoms with Crippen molar-refractivity contribution in [3.63, 3.8) is 0 Å². The first-order valence-corrected chi connectivity index (χ1v) is 5.93. The van der Waals surface area contributed by atoms with E-state index in [2.05, 4.69) is 13.8 Å². The molecule has 2 nitrogen and oxygen atoms in total. The van der Waals surface area contributed by atoms with Gasteiger partial charge in [0, 0.05) is 0 Å². The van der Waals surface area contributed by atoms with Crippen LogP contribution in [0.15, 0.2) is 0 Å². The van der Waals surface area contributed by atoms with Crippen LogP contribution in [0, 0.1) is 17.8 Å². The van der Waals surface area contributed by atoms with Crippen molar-refractivity contribution in [1.29, 1.82) is 0 Å². The van der Waals surface area contributed by atoms with E-state index in [1.54, 1.807) is 7.85 Å². The Kier molecular flexibility index (Phi) is 4.02. The summed E-state index contributed by atoms with van der Waals surface area (Å²) in [6.45, 7) is 4.54. The molecule has 0 aromatic carbocycles. The molecule has 0 bridgehead atoms. The third kappa shape index (κ3) is 3.62. The van der Waals surface area contributed by atoms with Gasteiger partial charge in [-0.1, -0.05) is 26.7 Å². The fourth-order valence-electron chi connectivity index (χ4n) is 2.93. The Morgan fingerprint density at radius 2 is 2.14 bits per heavy atom. The molecule has 0 saturated heterocycles.